The van der Waals surface area contributed by atoms with Gasteiger partial charge in [-0.05, 0) is 49.4 Å². The fourth-order valence-corrected chi connectivity index (χ4v) is 5.62. The lowest BCUT2D eigenvalue weighted by atomic mass is 10.0. The van der Waals surface area contributed by atoms with Crippen molar-refractivity contribution in [3.8, 4) is 0 Å². The van der Waals surface area contributed by atoms with Crippen molar-refractivity contribution < 1.29 is 27.5 Å². The number of halogens is 3. The maximum absolute atomic E-state index is 13.0. The number of nitrogens with one attached hydrogen (secondary N) is 1. The summed E-state index contributed by atoms with van der Waals surface area (Å²) in [7, 11) is -4.03. The molecule has 1 atom stereocenters. The van der Waals surface area contributed by atoms with Crippen LogP contribution in [0.4, 0.5) is 5.69 Å². The number of sulfone groups is 1. The van der Waals surface area contributed by atoms with Gasteiger partial charge in [0.2, 0.25) is 9.84 Å². The van der Waals surface area contributed by atoms with E-state index in [0.29, 0.717) is 0 Å². The van der Waals surface area contributed by atoms with Gasteiger partial charge in [0.25, 0.3) is 5.91 Å². The van der Waals surface area contributed by atoms with Gasteiger partial charge in [0, 0.05) is 11.1 Å². The number of esters is 1. The highest BCUT2D eigenvalue weighted by molar-refractivity contribution is 7.91. The van der Waals surface area contributed by atoms with Gasteiger partial charge in [-0.2, -0.15) is 0 Å². The van der Waals surface area contributed by atoms with E-state index in [0.717, 1.165) is 6.07 Å². The zero-order valence-electron chi connectivity index (χ0n) is 17.3. The summed E-state index contributed by atoms with van der Waals surface area (Å²) in [6.07, 6.45) is -1.27. The standard InChI is InChI=1S/C23H14Cl3NO6S/c1-11(22(29)27-18-10-16(25)15(24)9-17(18)26)33-23(30)12-6-7-14-20(8-12)34(31,32)19-5-3-2-4-13(19)21(14)28/h2-11H,1H3,(H,27,29). The minimum atomic E-state index is -4.03. The van der Waals surface area contributed by atoms with Crippen LogP contribution in [0.25, 0.3) is 0 Å². The van der Waals surface area contributed by atoms with Gasteiger partial charge >= 0.3 is 5.97 Å². The van der Waals surface area contributed by atoms with Crippen LogP contribution < -0.4 is 5.32 Å². The fourth-order valence-electron chi connectivity index (χ4n) is 3.35. The van der Waals surface area contributed by atoms with Gasteiger partial charge < -0.3 is 10.1 Å². The van der Waals surface area contributed by atoms with E-state index in [1.807, 2.05) is 0 Å². The zero-order chi connectivity index (χ0) is 24.8. The lowest BCUT2D eigenvalue weighted by molar-refractivity contribution is -0.123. The molecule has 174 valence electrons. The maximum Gasteiger partial charge on any atom is 0.338 e. The Hall–Kier alpha value is -2.91. The minimum absolute atomic E-state index is 0.0460. The number of carbonyl (C=O) groups excluding carboxylic acids is 3. The van der Waals surface area contributed by atoms with E-state index < -0.39 is 33.6 Å². The summed E-state index contributed by atoms with van der Waals surface area (Å²) in [6.45, 7) is 1.33. The van der Waals surface area contributed by atoms with Gasteiger partial charge in [0.05, 0.1) is 36.1 Å². The molecule has 3 aromatic carbocycles. The molecule has 1 heterocycles. The van der Waals surface area contributed by atoms with E-state index in [1.165, 1.54) is 49.4 Å². The number of hydrogen-bond acceptors (Lipinski definition) is 6. The molecule has 0 aliphatic carbocycles. The van der Waals surface area contributed by atoms with Crippen LogP contribution in [-0.2, 0) is 19.4 Å². The summed E-state index contributed by atoms with van der Waals surface area (Å²) >= 11 is 17.8. The first-order valence-corrected chi connectivity index (χ1v) is 12.3. The molecule has 1 unspecified atom stereocenters. The summed E-state index contributed by atoms with van der Waals surface area (Å²) in [5, 5.41) is 2.98. The number of carbonyl (C=O) groups is 3. The van der Waals surface area contributed by atoms with Crippen LogP contribution >= 0.6 is 34.8 Å². The second-order valence-corrected chi connectivity index (χ2v) is 10.4. The Labute approximate surface area is 209 Å². The van der Waals surface area contributed by atoms with Crippen molar-refractivity contribution in [1.82, 2.24) is 0 Å². The van der Waals surface area contributed by atoms with Crippen LogP contribution in [0.3, 0.4) is 0 Å². The Bertz CT molecular complexity index is 1490. The third kappa shape index (κ3) is 4.30. The number of anilines is 1. The molecule has 1 N–H and O–H groups in total. The van der Waals surface area contributed by atoms with E-state index in [2.05, 4.69) is 5.32 Å². The second-order valence-electron chi connectivity index (χ2n) is 7.32. The largest absolute Gasteiger partial charge is 0.449 e. The smallest absolute Gasteiger partial charge is 0.338 e. The number of hydrogen-bond donors (Lipinski definition) is 1. The highest BCUT2D eigenvalue weighted by Gasteiger charge is 2.35. The summed E-state index contributed by atoms with van der Waals surface area (Å²) in [4.78, 5) is 37.4. The topological polar surface area (TPSA) is 107 Å². The van der Waals surface area contributed by atoms with Gasteiger partial charge in [-0.25, -0.2) is 13.2 Å². The highest BCUT2D eigenvalue weighted by Crippen LogP contribution is 2.35. The van der Waals surface area contributed by atoms with Crippen LogP contribution in [-0.4, -0.2) is 32.2 Å². The Kier molecular flexibility index (Phi) is 6.44. The molecule has 0 saturated heterocycles. The van der Waals surface area contributed by atoms with E-state index in [4.69, 9.17) is 39.5 Å². The average molecular weight is 539 g/mol. The lowest BCUT2D eigenvalue weighted by Gasteiger charge is -2.19. The van der Waals surface area contributed by atoms with Crippen LogP contribution in [0, 0.1) is 0 Å². The number of amides is 1. The highest BCUT2D eigenvalue weighted by atomic mass is 35.5. The summed E-state index contributed by atoms with van der Waals surface area (Å²) in [5.74, 6) is -2.12. The Morgan fingerprint density at radius 3 is 2.26 bits per heavy atom. The summed E-state index contributed by atoms with van der Waals surface area (Å²) in [5.41, 5.74) is 0.0506. The molecule has 11 heteroatoms. The first-order chi connectivity index (χ1) is 16.0. The van der Waals surface area contributed by atoms with Crippen LogP contribution in [0.15, 0.2) is 64.4 Å². The first kappa shape index (κ1) is 24.2. The quantitative estimate of drug-likeness (QED) is 0.282. The van der Waals surface area contributed by atoms with Crippen LogP contribution in [0.2, 0.25) is 15.1 Å². The zero-order valence-corrected chi connectivity index (χ0v) is 20.3. The molecule has 0 fully saturated rings. The van der Waals surface area contributed by atoms with Crippen LogP contribution in [0.5, 0.6) is 0 Å². The summed E-state index contributed by atoms with van der Waals surface area (Å²) in [6, 6.07) is 12.1. The Morgan fingerprint density at radius 2 is 1.53 bits per heavy atom. The molecule has 0 radical (unpaired) electrons. The lowest BCUT2D eigenvalue weighted by Crippen LogP contribution is -2.30. The predicted octanol–water partition coefficient (Wildman–Crippen LogP) is 5.21. The average Bonchev–Trinajstić information content (AvgIpc) is 2.80. The molecule has 7 nitrogen and oxygen atoms in total. The molecule has 1 aliphatic heterocycles. The van der Waals surface area contributed by atoms with Gasteiger partial charge in [-0.3, -0.25) is 9.59 Å². The minimum Gasteiger partial charge on any atom is -0.449 e. The van der Waals surface area contributed by atoms with Gasteiger partial charge in [-0.1, -0.05) is 46.9 Å². The SMILES string of the molecule is CC(OC(=O)c1ccc2c(c1)S(=O)(=O)c1ccccc1C2=O)C(=O)Nc1cc(Cl)c(Cl)cc1Cl. The number of ether oxygens (including phenoxy) is 1. The normalized spacial score (nSPS) is 14.5. The Balaban J connectivity index is 1.56. The number of ketones is 1. The van der Waals surface area contributed by atoms with E-state index in [1.54, 1.807) is 6.07 Å². The third-order valence-corrected chi connectivity index (χ3v) is 7.98. The van der Waals surface area contributed by atoms with Crippen molar-refractivity contribution in [3.05, 3.63) is 86.4 Å². The molecule has 1 amide bonds. The molecule has 0 spiro atoms. The molecule has 4 rings (SSSR count). The first-order valence-electron chi connectivity index (χ1n) is 9.70. The van der Waals surface area contributed by atoms with Crippen molar-refractivity contribution in [2.45, 2.75) is 22.8 Å². The molecular formula is C23H14Cl3NO6S. The van der Waals surface area contributed by atoms with Gasteiger partial charge in [-0.15, -0.1) is 0 Å². The third-order valence-electron chi connectivity index (χ3n) is 5.09. The van der Waals surface area contributed by atoms with Gasteiger partial charge in [0.1, 0.15) is 0 Å². The molecule has 1 aliphatic rings. The van der Waals surface area contributed by atoms with Crippen molar-refractivity contribution >= 4 is 68.0 Å². The Morgan fingerprint density at radius 1 is 0.882 bits per heavy atom. The van der Waals surface area contributed by atoms with E-state index in [9.17, 15) is 22.8 Å². The molecular weight excluding hydrogens is 525 g/mol. The van der Waals surface area contributed by atoms with Crippen molar-refractivity contribution in [1.29, 1.82) is 0 Å². The predicted molar refractivity (Wildman–Crippen MR) is 127 cm³/mol. The number of benzene rings is 3. The second kappa shape index (κ2) is 9.03. The summed E-state index contributed by atoms with van der Waals surface area (Å²) < 4.78 is 31.3. The molecule has 0 saturated carbocycles. The van der Waals surface area contributed by atoms with Crippen molar-refractivity contribution in [2.24, 2.45) is 0 Å². The molecule has 3 aromatic rings. The fraction of sp³-hybridized carbons (Fsp3) is 0.0870. The van der Waals surface area contributed by atoms with Gasteiger partial charge in [0.15, 0.2) is 11.9 Å². The van der Waals surface area contributed by atoms with E-state index in [-0.39, 0.29) is 47.2 Å². The molecule has 0 aromatic heterocycles. The molecule has 34 heavy (non-hydrogen) atoms. The molecule has 0 bridgehead atoms. The van der Waals surface area contributed by atoms with Crippen LogP contribution in [0.1, 0.15) is 33.2 Å². The van der Waals surface area contributed by atoms with E-state index >= 15 is 0 Å². The number of rotatable bonds is 4. The van der Waals surface area contributed by atoms with Crippen molar-refractivity contribution in [2.75, 3.05) is 5.32 Å². The maximum atomic E-state index is 13.0. The van der Waals surface area contributed by atoms with Crippen molar-refractivity contribution in [3.63, 3.8) is 0 Å². The number of fused-ring (bicyclic) bond motifs is 2. The monoisotopic (exact) mass is 537 g/mol.